The fourth-order valence-corrected chi connectivity index (χ4v) is 4.85. The van der Waals surface area contributed by atoms with Crippen LogP contribution in [-0.2, 0) is 4.43 Å². The van der Waals surface area contributed by atoms with Gasteiger partial charge in [-0.3, -0.25) is 0 Å². The van der Waals surface area contributed by atoms with Gasteiger partial charge in [0.1, 0.15) is 0 Å². The van der Waals surface area contributed by atoms with Crippen molar-refractivity contribution < 1.29 is 4.43 Å². The summed E-state index contributed by atoms with van der Waals surface area (Å²) in [6.45, 7) is 16.2. The summed E-state index contributed by atoms with van der Waals surface area (Å²) in [5.41, 5.74) is 1.85. The molecule has 0 saturated heterocycles. The van der Waals surface area contributed by atoms with Gasteiger partial charge in [-0.25, -0.2) is 0 Å². The average Bonchev–Trinajstić information content (AvgIpc) is 2.81. The highest BCUT2D eigenvalue weighted by molar-refractivity contribution is 6.74. The maximum Gasteiger partial charge on any atom is 0.192 e. The van der Waals surface area contributed by atoms with Gasteiger partial charge in [-0.1, -0.05) is 45.8 Å². The Morgan fingerprint density at radius 1 is 1.22 bits per heavy atom. The molecule has 0 aromatic rings. The van der Waals surface area contributed by atoms with Crippen molar-refractivity contribution in [2.75, 3.05) is 0 Å². The van der Waals surface area contributed by atoms with Gasteiger partial charge in [0, 0.05) is 5.41 Å². The molecule has 2 aliphatic carbocycles. The molecular weight excluding hydrogens is 236 g/mol. The molecule has 2 fully saturated rings. The van der Waals surface area contributed by atoms with Crippen LogP contribution in [0.15, 0.2) is 12.2 Å². The molecule has 2 rings (SSSR count). The normalized spacial score (nSPS) is 28.3. The van der Waals surface area contributed by atoms with Crippen molar-refractivity contribution in [2.24, 2.45) is 5.41 Å². The largest absolute Gasteiger partial charge is 0.413 e. The van der Waals surface area contributed by atoms with Crippen molar-refractivity contribution in [1.29, 1.82) is 0 Å². The second-order valence-corrected chi connectivity index (χ2v) is 12.6. The molecule has 0 heterocycles. The first-order valence-corrected chi connectivity index (χ1v) is 10.5. The Hall–Kier alpha value is -0.0831. The molecule has 1 nitrogen and oxygen atoms in total. The van der Waals surface area contributed by atoms with Crippen LogP contribution in [0.5, 0.6) is 0 Å². The third kappa shape index (κ3) is 2.22. The van der Waals surface area contributed by atoms with Crippen LogP contribution in [0.1, 0.15) is 59.3 Å². The summed E-state index contributed by atoms with van der Waals surface area (Å²) in [5.74, 6) is 0. The maximum atomic E-state index is 6.75. The Balaban J connectivity index is 2.17. The molecule has 1 spiro atoms. The average molecular weight is 267 g/mol. The zero-order chi connectivity index (χ0) is 13.6. The molecule has 0 N–H and O–H groups in total. The first kappa shape index (κ1) is 14.3. The highest BCUT2D eigenvalue weighted by atomic mass is 28.4. The molecule has 104 valence electrons. The van der Waals surface area contributed by atoms with E-state index in [0.717, 1.165) is 0 Å². The van der Waals surface area contributed by atoms with E-state index in [9.17, 15) is 0 Å². The molecule has 2 aliphatic rings. The first-order chi connectivity index (χ1) is 8.19. The third-order valence-electron chi connectivity index (χ3n) is 5.77. The first-order valence-electron chi connectivity index (χ1n) is 7.55. The van der Waals surface area contributed by atoms with Crippen molar-refractivity contribution >= 4 is 8.32 Å². The summed E-state index contributed by atoms with van der Waals surface area (Å²) in [6, 6.07) is 0. The minimum absolute atomic E-state index is 0.316. The second-order valence-electron chi connectivity index (χ2n) is 7.87. The molecule has 1 atom stereocenters. The van der Waals surface area contributed by atoms with Crippen LogP contribution < -0.4 is 0 Å². The highest BCUT2D eigenvalue weighted by Gasteiger charge is 2.51. The molecule has 2 saturated carbocycles. The van der Waals surface area contributed by atoms with Gasteiger partial charge in [0.25, 0.3) is 0 Å². The molecule has 2 heteroatoms. The fourth-order valence-electron chi connectivity index (χ4n) is 3.44. The molecule has 0 radical (unpaired) electrons. The fraction of sp³-hybridized carbons (Fsp3) is 0.875. The molecule has 1 unspecified atom stereocenters. The standard InChI is InChI=1S/C16H30OSi/c1-13-9-10-14(16(13)11-7-8-12-16)17-18(5,6)15(2,3)4/h14H,1,7-12H2,2-6H3. The van der Waals surface area contributed by atoms with E-state index in [0.29, 0.717) is 16.6 Å². The van der Waals surface area contributed by atoms with Crippen molar-refractivity contribution in [3.05, 3.63) is 12.2 Å². The topological polar surface area (TPSA) is 9.23 Å². The van der Waals surface area contributed by atoms with Gasteiger partial charge >= 0.3 is 0 Å². The molecule has 0 aliphatic heterocycles. The summed E-state index contributed by atoms with van der Waals surface area (Å²) in [7, 11) is -1.63. The molecule has 0 amide bonds. The van der Waals surface area contributed by atoms with Crippen molar-refractivity contribution in [3.63, 3.8) is 0 Å². The van der Waals surface area contributed by atoms with E-state index in [1.54, 1.807) is 0 Å². The van der Waals surface area contributed by atoms with E-state index < -0.39 is 8.32 Å². The molecule has 0 bridgehead atoms. The minimum atomic E-state index is -1.63. The second kappa shape index (κ2) is 4.48. The van der Waals surface area contributed by atoms with Crippen LogP contribution >= 0.6 is 0 Å². The lowest BCUT2D eigenvalue weighted by atomic mass is 9.79. The van der Waals surface area contributed by atoms with Gasteiger partial charge in [-0.05, 0) is 43.8 Å². The van der Waals surface area contributed by atoms with Crippen molar-refractivity contribution in [1.82, 2.24) is 0 Å². The Kier molecular flexibility index (Phi) is 3.57. The van der Waals surface area contributed by atoms with E-state index in [1.807, 2.05) is 0 Å². The van der Waals surface area contributed by atoms with Gasteiger partial charge in [-0.15, -0.1) is 0 Å². The van der Waals surface area contributed by atoms with E-state index in [2.05, 4.69) is 40.4 Å². The quantitative estimate of drug-likeness (QED) is 0.487. The summed E-state index contributed by atoms with van der Waals surface area (Å²) in [5, 5.41) is 0.316. The van der Waals surface area contributed by atoms with Crippen molar-refractivity contribution in [3.8, 4) is 0 Å². The van der Waals surface area contributed by atoms with Crippen LogP contribution in [0.4, 0.5) is 0 Å². The van der Waals surface area contributed by atoms with Gasteiger partial charge in [-0.2, -0.15) is 0 Å². The summed E-state index contributed by atoms with van der Waals surface area (Å²) >= 11 is 0. The molecular formula is C16H30OSi. The lowest BCUT2D eigenvalue weighted by Crippen LogP contribution is -2.47. The lowest BCUT2D eigenvalue weighted by molar-refractivity contribution is 0.0857. The predicted molar refractivity (Wildman–Crippen MR) is 81.3 cm³/mol. The SMILES string of the molecule is C=C1CCC(O[Si](C)(C)C(C)(C)C)C12CCCC2. The number of rotatable bonds is 2. The number of hydrogen-bond acceptors (Lipinski definition) is 1. The Labute approximate surface area is 114 Å². The maximum absolute atomic E-state index is 6.75. The highest BCUT2D eigenvalue weighted by Crippen LogP contribution is 2.56. The number of hydrogen-bond donors (Lipinski definition) is 0. The predicted octanol–water partition coefficient (Wildman–Crippen LogP) is 5.29. The van der Waals surface area contributed by atoms with E-state index in [1.165, 1.54) is 44.1 Å². The summed E-state index contributed by atoms with van der Waals surface area (Å²) in [6.07, 6.45) is 8.27. The smallest absolute Gasteiger partial charge is 0.192 e. The van der Waals surface area contributed by atoms with Gasteiger partial charge in [0.2, 0.25) is 0 Å². The Bertz CT molecular complexity index is 331. The van der Waals surface area contributed by atoms with Crippen LogP contribution in [0.25, 0.3) is 0 Å². The lowest BCUT2D eigenvalue weighted by Gasteiger charge is -2.43. The third-order valence-corrected chi connectivity index (χ3v) is 10.3. The van der Waals surface area contributed by atoms with Crippen LogP contribution in [-0.4, -0.2) is 14.4 Å². The minimum Gasteiger partial charge on any atom is -0.413 e. The molecule has 0 aromatic carbocycles. The monoisotopic (exact) mass is 266 g/mol. The van der Waals surface area contributed by atoms with E-state index >= 15 is 0 Å². The molecule has 18 heavy (non-hydrogen) atoms. The zero-order valence-electron chi connectivity index (χ0n) is 12.9. The summed E-state index contributed by atoms with van der Waals surface area (Å²) in [4.78, 5) is 0. The van der Waals surface area contributed by atoms with E-state index in [4.69, 9.17) is 4.43 Å². The summed E-state index contributed by atoms with van der Waals surface area (Å²) < 4.78 is 6.75. The zero-order valence-corrected chi connectivity index (χ0v) is 13.9. The van der Waals surface area contributed by atoms with E-state index in [-0.39, 0.29) is 0 Å². The van der Waals surface area contributed by atoms with Gasteiger partial charge in [0.15, 0.2) is 8.32 Å². The van der Waals surface area contributed by atoms with Crippen molar-refractivity contribution in [2.45, 2.75) is 83.5 Å². The van der Waals surface area contributed by atoms with Crippen LogP contribution in [0, 0.1) is 5.41 Å². The molecule has 0 aromatic heterocycles. The van der Waals surface area contributed by atoms with Gasteiger partial charge < -0.3 is 4.43 Å². The van der Waals surface area contributed by atoms with Crippen LogP contribution in [0.3, 0.4) is 0 Å². The van der Waals surface area contributed by atoms with Crippen LogP contribution in [0.2, 0.25) is 18.1 Å². The van der Waals surface area contributed by atoms with Gasteiger partial charge in [0.05, 0.1) is 6.10 Å². The Morgan fingerprint density at radius 3 is 2.28 bits per heavy atom. The Morgan fingerprint density at radius 2 is 1.78 bits per heavy atom.